The van der Waals surface area contributed by atoms with Crippen molar-refractivity contribution in [2.45, 2.75) is 13.1 Å². The Morgan fingerprint density at radius 2 is 1.64 bits per heavy atom. The minimum atomic E-state index is -3.66. The summed E-state index contributed by atoms with van der Waals surface area (Å²) in [6.45, 7) is 1.07. The van der Waals surface area contributed by atoms with Crippen LogP contribution in [0.15, 0.2) is 60.0 Å². The summed E-state index contributed by atoms with van der Waals surface area (Å²) in [6, 6.07) is 17.2. The van der Waals surface area contributed by atoms with E-state index in [0.29, 0.717) is 6.54 Å². The molecule has 0 atom stereocenters. The summed E-state index contributed by atoms with van der Waals surface area (Å²) in [5.41, 5.74) is 2.98. The van der Waals surface area contributed by atoms with Crippen LogP contribution in [0.2, 0.25) is 0 Å². The van der Waals surface area contributed by atoms with E-state index in [2.05, 4.69) is 19.4 Å². The van der Waals surface area contributed by atoms with Gasteiger partial charge in [-0.25, -0.2) is 8.42 Å². The molecule has 0 aliphatic rings. The second-order valence-electron chi connectivity index (χ2n) is 6.99. The average molecular weight is 403 g/mol. The molecule has 28 heavy (non-hydrogen) atoms. The van der Waals surface area contributed by atoms with Crippen LogP contribution in [0, 0.1) is 0 Å². The predicted octanol–water partition coefficient (Wildman–Crippen LogP) is 0.880. The second-order valence-corrected chi connectivity index (χ2v) is 8.92. The molecule has 2 rings (SSSR count). The number of benzene rings is 2. The lowest BCUT2D eigenvalue weighted by molar-refractivity contribution is -0.872. The Bertz CT molecular complexity index is 892. The van der Waals surface area contributed by atoms with Gasteiger partial charge in [-0.3, -0.25) is 4.79 Å². The molecule has 0 spiro atoms. The van der Waals surface area contributed by atoms with Crippen LogP contribution in [0.4, 0.5) is 0 Å². The monoisotopic (exact) mass is 402 g/mol. The molecule has 0 heterocycles. The molecule has 1 amide bonds. The molecule has 0 fully saturated rings. The number of sulfonamides is 1. The molecule has 0 aliphatic heterocycles. The maximum Gasteiger partial charge on any atom is 0.236 e. The van der Waals surface area contributed by atoms with Crippen molar-refractivity contribution in [2.24, 2.45) is 0 Å². The summed E-state index contributed by atoms with van der Waals surface area (Å²) < 4.78 is 25.6. The van der Waals surface area contributed by atoms with Crippen LogP contribution in [-0.2, 0) is 27.9 Å². The zero-order chi connectivity index (χ0) is 20.6. The summed E-state index contributed by atoms with van der Waals surface area (Å²) >= 11 is 0. The maximum atomic E-state index is 12.3. The molecular weight excluding hydrogens is 374 g/mol. The molecule has 6 nitrogen and oxygen atoms in total. The highest BCUT2D eigenvalue weighted by atomic mass is 32.2. The summed E-state index contributed by atoms with van der Waals surface area (Å²) in [4.78, 5) is 13.5. The SMILES string of the molecule is CN(CC(=O)NCc1ccc(C[NH+](C)C)cc1)S(=O)(=O)/C=C/c1ccccc1. The van der Waals surface area contributed by atoms with Gasteiger partial charge in [-0.1, -0.05) is 54.6 Å². The number of amides is 1. The van der Waals surface area contributed by atoms with Gasteiger partial charge in [0.05, 0.1) is 20.6 Å². The van der Waals surface area contributed by atoms with Crippen molar-refractivity contribution in [3.63, 3.8) is 0 Å². The van der Waals surface area contributed by atoms with Gasteiger partial charge in [0.2, 0.25) is 15.9 Å². The zero-order valence-corrected chi connectivity index (χ0v) is 17.4. The summed E-state index contributed by atoms with van der Waals surface area (Å²) in [5, 5.41) is 3.87. The molecule has 2 aromatic rings. The smallest absolute Gasteiger partial charge is 0.236 e. The van der Waals surface area contributed by atoms with Crippen molar-refractivity contribution >= 4 is 22.0 Å². The van der Waals surface area contributed by atoms with Crippen LogP contribution >= 0.6 is 0 Å². The lowest BCUT2D eigenvalue weighted by Gasteiger charge is -2.14. The fourth-order valence-electron chi connectivity index (χ4n) is 2.56. The Labute approximate surface area is 167 Å². The van der Waals surface area contributed by atoms with Crippen molar-refractivity contribution in [1.82, 2.24) is 9.62 Å². The molecule has 7 heteroatoms. The van der Waals surface area contributed by atoms with E-state index in [0.717, 1.165) is 27.4 Å². The lowest BCUT2D eigenvalue weighted by atomic mass is 10.1. The lowest BCUT2D eigenvalue weighted by Crippen LogP contribution is -3.04. The fourth-order valence-corrected chi connectivity index (χ4v) is 3.40. The molecule has 0 saturated carbocycles. The number of likely N-dealkylation sites (N-methyl/N-ethyl adjacent to an activating group) is 1. The van der Waals surface area contributed by atoms with Gasteiger partial charge in [-0.15, -0.1) is 0 Å². The molecule has 2 N–H and O–H groups in total. The van der Waals surface area contributed by atoms with Crippen LogP contribution in [-0.4, -0.2) is 46.3 Å². The van der Waals surface area contributed by atoms with Crippen molar-refractivity contribution < 1.29 is 18.1 Å². The number of nitrogens with one attached hydrogen (secondary N) is 2. The van der Waals surface area contributed by atoms with Gasteiger partial charge in [-0.2, -0.15) is 4.31 Å². The van der Waals surface area contributed by atoms with E-state index in [1.54, 1.807) is 0 Å². The topological polar surface area (TPSA) is 70.9 Å². The van der Waals surface area contributed by atoms with Crippen LogP contribution in [0.1, 0.15) is 16.7 Å². The van der Waals surface area contributed by atoms with Crippen LogP contribution in [0.5, 0.6) is 0 Å². The highest BCUT2D eigenvalue weighted by molar-refractivity contribution is 7.92. The highest BCUT2D eigenvalue weighted by Crippen LogP contribution is 2.07. The van der Waals surface area contributed by atoms with Gasteiger partial charge in [0, 0.05) is 24.6 Å². The van der Waals surface area contributed by atoms with E-state index in [-0.39, 0.29) is 12.5 Å². The Hall–Kier alpha value is -2.48. The predicted molar refractivity (Wildman–Crippen MR) is 112 cm³/mol. The molecule has 0 aliphatic carbocycles. The van der Waals surface area contributed by atoms with E-state index in [1.807, 2.05) is 54.6 Å². The van der Waals surface area contributed by atoms with Crippen LogP contribution in [0.25, 0.3) is 6.08 Å². The number of quaternary nitrogens is 1. The molecular formula is C21H28N3O3S+. The van der Waals surface area contributed by atoms with Gasteiger partial charge in [0.15, 0.2) is 0 Å². The van der Waals surface area contributed by atoms with E-state index in [4.69, 9.17) is 0 Å². The Morgan fingerprint density at radius 3 is 2.25 bits per heavy atom. The summed E-state index contributed by atoms with van der Waals surface area (Å²) in [7, 11) is 1.91. The quantitative estimate of drug-likeness (QED) is 0.654. The van der Waals surface area contributed by atoms with Crippen molar-refractivity contribution in [1.29, 1.82) is 0 Å². The molecule has 0 aromatic heterocycles. The third-order valence-corrected chi connectivity index (χ3v) is 5.58. The first kappa shape index (κ1) is 21.8. The molecule has 2 aromatic carbocycles. The van der Waals surface area contributed by atoms with Crippen LogP contribution in [0.3, 0.4) is 0 Å². The highest BCUT2D eigenvalue weighted by Gasteiger charge is 2.17. The Morgan fingerprint density at radius 1 is 1.04 bits per heavy atom. The molecule has 150 valence electrons. The van der Waals surface area contributed by atoms with Gasteiger partial charge in [-0.05, 0) is 17.2 Å². The number of carbonyl (C=O) groups is 1. The summed E-state index contributed by atoms with van der Waals surface area (Å²) in [5.74, 6) is -0.346. The standard InChI is InChI=1S/C21H27N3O3S/c1-23(2)16-20-11-9-19(10-12-20)15-22-21(25)17-24(3)28(26,27)14-13-18-7-5-4-6-8-18/h4-14H,15-17H2,1-3H3,(H,22,25)/p+1/b14-13+. The number of hydrogen-bond acceptors (Lipinski definition) is 3. The van der Waals surface area contributed by atoms with Crippen molar-refractivity contribution in [3.8, 4) is 0 Å². The normalized spacial score (nSPS) is 12.0. The minimum Gasteiger partial charge on any atom is -0.351 e. The van der Waals surface area contributed by atoms with Gasteiger partial charge >= 0.3 is 0 Å². The first-order valence-corrected chi connectivity index (χ1v) is 10.6. The second kappa shape index (κ2) is 10.2. The number of nitrogens with zero attached hydrogens (tertiary/aromatic N) is 1. The van der Waals surface area contributed by atoms with Crippen LogP contribution < -0.4 is 10.2 Å². The van der Waals surface area contributed by atoms with Crippen molar-refractivity contribution in [2.75, 3.05) is 27.7 Å². The fraction of sp³-hybridized carbons (Fsp3) is 0.286. The minimum absolute atomic E-state index is 0.233. The van der Waals surface area contributed by atoms with E-state index >= 15 is 0 Å². The van der Waals surface area contributed by atoms with Gasteiger partial charge in [0.25, 0.3) is 0 Å². The van der Waals surface area contributed by atoms with Gasteiger partial charge in [0.1, 0.15) is 6.54 Å². The molecule has 0 saturated heterocycles. The van der Waals surface area contributed by atoms with Crippen molar-refractivity contribution in [3.05, 3.63) is 76.7 Å². The van der Waals surface area contributed by atoms with E-state index in [1.165, 1.54) is 23.6 Å². The average Bonchev–Trinajstić information content (AvgIpc) is 2.66. The summed E-state index contributed by atoms with van der Waals surface area (Å²) in [6.07, 6.45) is 1.51. The third kappa shape index (κ3) is 7.26. The molecule has 0 radical (unpaired) electrons. The number of rotatable bonds is 9. The Balaban J connectivity index is 1.85. The molecule has 0 bridgehead atoms. The maximum absolute atomic E-state index is 12.3. The van der Waals surface area contributed by atoms with E-state index < -0.39 is 10.0 Å². The number of hydrogen-bond donors (Lipinski definition) is 2. The Kier molecular flexibility index (Phi) is 7.92. The third-order valence-electron chi connectivity index (χ3n) is 4.10. The largest absolute Gasteiger partial charge is 0.351 e. The van der Waals surface area contributed by atoms with Gasteiger partial charge < -0.3 is 10.2 Å². The molecule has 0 unspecified atom stereocenters. The first-order valence-electron chi connectivity index (χ1n) is 9.09. The number of carbonyl (C=O) groups excluding carboxylic acids is 1. The first-order chi connectivity index (χ1) is 13.3. The zero-order valence-electron chi connectivity index (χ0n) is 16.6. The van der Waals surface area contributed by atoms with E-state index in [9.17, 15) is 13.2 Å².